The van der Waals surface area contributed by atoms with Crippen LogP contribution >= 0.6 is 0 Å². The van der Waals surface area contributed by atoms with Gasteiger partial charge in [-0.1, -0.05) is 13.8 Å². The zero-order valence-electron chi connectivity index (χ0n) is 11.9. The monoisotopic (exact) mass is 244 g/mol. The van der Waals surface area contributed by atoms with E-state index >= 15 is 0 Å². The number of hydrogen-bond acceptors (Lipinski definition) is 4. The molecule has 0 aromatic carbocycles. The molecule has 2 unspecified atom stereocenters. The standard InChI is InChI=1S/C13H28N2O2/c1-10(14)12(2,3)8-15-6-11(7-16)17-13(4,5)9-15/h10-11,16H,6-9,14H2,1-5H3. The second-order valence-electron chi connectivity index (χ2n) is 6.63. The van der Waals surface area contributed by atoms with Crippen molar-refractivity contribution >= 4 is 0 Å². The Kier molecular flexibility index (Phi) is 4.58. The number of rotatable bonds is 4. The summed E-state index contributed by atoms with van der Waals surface area (Å²) in [5.74, 6) is 0. The van der Waals surface area contributed by atoms with Crippen molar-refractivity contribution in [2.24, 2.45) is 11.1 Å². The van der Waals surface area contributed by atoms with Gasteiger partial charge in [-0.2, -0.15) is 0 Å². The van der Waals surface area contributed by atoms with Crippen LogP contribution in [-0.2, 0) is 4.74 Å². The van der Waals surface area contributed by atoms with Gasteiger partial charge in [0.2, 0.25) is 0 Å². The molecule has 1 rings (SSSR count). The molecule has 0 aliphatic carbocycles. The van der Waals surface area contributed by atoms with E-state index in [1.807, 2.05) is 0 Å². The minimum absolute atomic E-state index is 0.0768. The van der Waals surface area contributed by atoms with Gasteiger partial charge in [0.05, 0.1) is 18.3 Å². The van der Waals surface area contributed by atoms with E-state index in [1.165, 1.54) is 0 Å². The SMILES string of the molecule is CC(N)C(C)(C)CN1CC(CO)OC(C)(C)C1. The summed E-state index contributed by atoms with van der Waals surface area (Å²) in [5, 5.41) is 9.27. The summed E-state index contributed by atoms with van der Waals surface area (Å²) >= 11 is 0. The Morgan fingerprint density at radius 3 is 2.59 bits per heavy atom. The van der Waals surface area contributed by atoms with Crippen molar-refractivity contribution < 1.29 is 9.84 Å². The van der Waals surface area contributed by atoms with Crippen LogP contribution < -0.4 is 5.73 Å². The van der Waals surface area contributed by atoms with Crippen LogP contribution in [0.4, 0.5) is 0 Å². The highest BCUT2D eigenvalue weighted by Crippen LogP contribution is 2.26. The third-order valence-electron chi connectivity index (χ3n) is 3.62. The van der Waals surface area contributed by atoms with Gasteiger partial charge < -0.3 is 15.6 Å². The van der Waals surface area contributed by atoms with Gasteiger partial charge in [0.25, 0.3) is 0 Å². The predicted molar refractivity (Wildman–Crippen MR) is 69.9 cm³/mol. The number of ether oxygens (including phenoxy) is 1. The van der Waals surface area contributed by atoms with E-state index in [4.69, 9.17) is 10.5 Å². The van der Waals surface area contributed by atoms with Crippen molar-refractivity contribution in [3.63, 3.8) is 0 Å². The highest BCUT2D eigenvalue weighted by atomic mass is 16.5. The fourth-order valence-electron chi connectivity index (χ4n) is 2.35. The molecule has 3 N–H and O–H groups in total. The van der Waals surface area contributed by atoms with E-state index in [0.29, 0.717) is 0 Å². The first-order valence-corrected chi connectivity index (χ1v) is 6.43. The van der Waals surface area contributed by atoms with Crippen molar-refractivity contribution in [2.45, 2.75) is 52.4 Å². The molecular formula is C13H28N2O2. The first-order chi connectivity index (χ1) is 7.66. The molecule has 1 aliphatic heterocycles. The first kappa shape index (κ1) is 14.9. The molecule has 1 heterocycles. The number of aliphatic hydroxyl groups is 1. The molecular weight excluding hydrogens is 216 g/mol. The Hall–Kier alpha value is -0.160. The minimum Gasteiger partial charge on any atom is -0.394 e. The quantitative estimate of drug-likeness (QED) is 0.769. The molecule has 0 amide bonds. The molecule has 1 fully saturated rings. The molecule has 1 aliphatic rings. The fourth-order valence-corrected chi connectivity index (χ4v) is 2.35. The average molecular weight is 244 g/mol. The Morgan fingerprint density at radius 2 is 2.12 bits per heavy atom. The van der Waals surface area contributed by atoms with Crippen LogP contribution in [0, 0.1) is 5.41 Å². The van der Waals surface area contributed by atoms with Crippen LogP contribution in [0.5, 0.6) is 0 Å². The summed E-state index contributed by atoms with van der Waals surface area (Å²) in [4.78, 5) is 2.35. The summed E-state index contributed by atoms with van der Waals surface area (Å²) in [7, 11) is 0. The van der Waals surface area contributed by atoms with Crippen molar-refractivity contribution in [3.05, 3.63) is 0 Å². The summed E-state index contributed by atoms with van der Waals surface area (Å²) in [6.07, 6.45) is -0.0809. The Labute approximate surface area is 105 Å². The van der Waals surface area contributed by atoms with Gasteiger partial charge in [-0.3, -0.25) is 4.90 Å². The van der Waals surface area contributed by atoms with Gasteiger partial charge in [-0.25, -0.2) is 0 Å². The molecule has 0 spiro atoms. The lowest BCUT2D eigenvalue weighted by molar-refractivity contribution is -0.153. The number of nitrogens with two attached hydrogens (primary N) is 1. The maximum Gasteiger partial charge on any atom is 0.0940 e. The van der Waals surface area contributed by atoms with Crippen LogP contribution in [0.15, 0.2) is 0 Å². The third kappa shape index (κ3) is 4.21. The lowest BCUT2D eigenvalue weighted by Gasteiger charge is -2.45. The molecule has 17 heavy (non-hydrogen) atoms. The molecule has 0 radical (unpaired) electrons. The van der Waals surface area contributed by atoms with Gasteiger partial charge >= 0.3 is 0 Å². The zero-order chi connectivity index (χ0) is 13.3. The Balaban J connectivity index is 2.65. The van der Waals surface area contributed by atoms with E-state index in [0.717, 1.165) is 19.6 Å². The maximum atomic E-state index is 9.27. The van der Waals surface area contributed by atoms with E-state index in [9.17, 15) is 5.11 Å². The van der Waals surface area contributed by atoms with E-state index in [-0.39, 0.29) is 29.8 Å². The van der Waals surface area contributed by atoms with Gasteiger partial charge in [-0.05, 0) is 26.2 Å². The zero-order valence-corrected chi connectivity index (χ0v) is 11.9. The van der Waals surface area contributed by atoms with Gasteiger partial charge in [0.15, 0.2) is 0 Å². The second-order valence-corrected chi connectivity index (χ2v) is 6.63. The topological polar surface area (TPSA) is 58.7 Å². The molecule has 0 bridgehead atoms. The fraction of sp³-hybridized carbons (Fsp3) is 1.00. The maximum absolute atomic E-state index is 9.27. The summed E-state index contributed by atoms with van der Waals surface area (Å²) in [5.41, 5.74) is 5.90. The molecule has 1 saturated heterocycles. The smallest absolute Gasteiger partial charge is 0.0940 e. The number of hydrogen-bond donors (Lipinski definition) is 2. The second kappa shape index (κ2) is 5.22. The van der Waals surface area contributed by atoms with Crippen LogP contribution in [-0.4, -0.2) is 54.0 Å². The van der Waals surface area contributed by atoms with Crippen molar-refractivity contribution in [1.29, 1.82) is 0 Å². The van der Waals surface area contributed by atoms with Crippen LogP contribution in [0.2, 0.25) is 0 Å². The van der Waals surface area contributed by atoms with E-state index in [2.05, 4.69) is 39.5 Å². The van der Waals surface area contributed by atoms with Crippen molar-refractivity contribution in [3.8, 4) is 0 Å². The molecule has 2 atom stereocenters. The van der Waals surface area contributed by atoms with Crippen LogP contribution in [0.25, 0.3) is 0 Å². The normalized spacial score (nSPS) is 28.1. The predicted octanol–water partition coefficient (Wildman–Crippen LogP) is 0.832. The number of aliphatic hydroxyl groups excluding tert-OH is 1. The number of morpholine rings is 1. The van der Waals surface area contributed by atoms with Crippen LogP contribution in [0.1, 0.15) is 34.6 Å². The summed E-state index contributed by atoms with van der Waals surface area (Å²) < 4.78 is 5.81. The van der Waals surface area contributed by atoms with Gasteiger partial charge in [-0.15, -0.1) is 0 Å². The third-order valence-corrected chi connectivity index (χ3v) is 3.62. The van der Waals surface area contributed by atoms with Crippen LogP contribution in [0.3, 0.4) is 0 Å². The van der Waals surface area contributed by atoms with Gasteiger partial charge in [0, 0.05) is 25.7 Å². The van der Waals surface area contributed by atoms with Crippen molar-refractivity contribution in [1.82, 2.24) is 4.90 Å². The highest BCUT2D eigenvalue weighted by Gasteiger charge is 2.36. The number of nitrogens with zero attached hydrogens (tertiary/aromatic N) is 1. The van der Waals surface area contributed by atoms with E-state index in [1.54, 1.807) is 0 Å². The molecule has 0 saturated carbocycles. The summed E-state index contributed by atoms with van der Waals surface area (Å²) in [6, 6.07) is 0.154. The largest absolute Gasteiger partial charge is 0.394 e. The highest BCUT2D eigenvalue weighted by molar-refractivity contribution is 4.88. The molecule has 102 valence electrons. The lowest BCUT2D eigenvalue weighted by atomic mass is 9.84. The van der Waals surface area contributed by atoms with E-state index < -0.39 is 0 Å². The minimum atomic E-state index is -0.195. The Bertz CT molecular complexity index is 252. The molecule has 0 aromatic heterocycles. The Morgan fingerprint density at radius 1 is 1.53 bits per heavy atom. The van der Waals surface area contributed by atoms with Crippen molar-refractivity contribution in [2.75, 3.05) is 26.2 Å². The summed E-state index contributed by atoms with van der Waals surface area (Å²) in [6.45, 7) is 13.3. The molecule has 4 heteroatoms. The van der Waals surface area contributed by atoms with Gasteiger partial charge in [0.1, 0.15) is 0 Å². The first-order valence-electron chi connectivity index (χ1n) is 6.43. The lowest BCUT2D eigenvalue weighted by Crippen LogP contribution is -2.57. The average Bonchev–Trinajstić information content (AvgIpc) is 2.13. The molecule has 0 aromatic rings. The molecule has 4 nitrogen and oxygen atoms in total.